The number of hydrogen-bond acceptors (Lipinski definition) is 1. The first-order valence-electron chi connectivity index (χ1n) is 8.07. The summed E-state index contributed by atoms with van der Waals surface area (Å²) in [7, 11) is 0. The Bertz CT molecular complexity index is 304. The summed E-state index contributed by atoms with van der Waals surface area (Å²) in [5.41, 5.74) is 1.27. The minimum Gasteiger partial charge on any atom is -0.293 e. The molecule has 1 nitrogen and oxygen atoms in total. The maximum atomic E-state index is 2.79. The highest BCUT2D eigenvalue weighted by atomic mass is 15.3. The molecule has 0 spiro atoms. The molecule has 1 fully saturated rings. The van der Waals surface area contributed by atoms with Crippen molar-refractivity contribution in [2.24, 2.45) is 10.8 Å². The van der Waals surface area contributed by atoms with Crippen LogP contribution in [0.2, 0.25) is 0 Å². The Labute approximate surface area is 122 Å². The van der Waals surface area contributed by atoms with Crippen LogP contribution in [0.15, 0.2) is 0 Å². The molecule has 1 heteroatoms. The van der Waals surface area contributed by atoms with Crippen LogP contribution in [-0.2, 0) is 0 Å². The molecule has 0 amide bonds. The van der Waals surface area contributed by atoms with Crippen molar-refractivity contribution in [2.75, 3.05) is 6.54 Å². The highest BCUT2D eigenvalue weighted by Crippen LogP contribution is 2.45. The van der Waals surface area contributed by atoms with E-state index >= 15 is 0 Å². The average Bonchev–Trinajstić information content (AvgIpc) is 2.10. The normalized spacial score (nSPS) is 25.7. The standard InChI is InChI=1S/C18H37N/c1-15(2,3)18(8,9)19-13-11-10-12-16(4,5)14-17(19,6)7/h10-14H2,1-9H3. The number of hydrogen-bond donors (Lipinski definition) is 0. The van der Waals surface area contributed by atoms with E-state index in [1.165, 1.54) is 32.2 Å². The van der Waals surface area contributed by atoms with E-state index in [-0.39, 0.29) is 11.1 Å². The first kappa shape index (κ1) is 17.0. The highest BCUT2D eigenvalue weighted by molar-refractivity contribution is 5.01. The average molecular weight is 268 g/mol. The maximum Gasteiger partial charge on any atom is 0.0206 e. The monoisotopic (exact) mass is 267 g/mol. The molecule has 0 aromatic carbocycles. The van der Waals surface area contributed by atoms with Gasteiger partial charge in [0.1, 0.15) is 0 Å². The first-order chi connectivity index (χ1) is 8.30. The van der Waals surface area contributed by atoms with E-state index in [0.29, 0.717) is 10.8 Å². The van der Waals surface area contributed by atoms with Crippen molar-refractivity contribution in [3.63, 3.8) is 0 Å². The summed E-state index contributed by atoms with van der Waals surface area (Å²) < 4.78 is 0. The number of rotatable bonds is 1. The Kier molecular flexibility index (Phi) is 4.53. The van der Waals surface area contributed by atoms with Crippen molar-refractivity contribution in [1.29, 1.82) is 0 Å². The predicted molar refractivity (Wildman–Crippen MR) is 86.6 cm³/mol. The Morgan fingerprint density at radius 2 is 1.37 bits per heavy atom. The molecule has 0 aliphatic carbocycles. The molecule has 114 valence electrons. The fourth-order valence-electron chi connectivity index (χ4n) is 3.97. The zero-order valence-electron chi connectivity index (χ0n) is 15.0. The van der Waals surface area contributed by atoms with Gasteiger partial charge in [-0.1, -0.05) is 41.0 Å². The van der Waals surface area contributed by atoms with E-state index in [9.17, 15) is 0 Å². The summed E-state index contributed by atoms with van der Waals surface area (Å²) in [4.78, 5) is 2.79. The molecule has 0 unspecified atom stereocenters. The van der Waals surface area contributed by atoms with Gasteiger partial charge < -0.3 is 0 Å². The van der Waals surface area contributed by atoms with E-state index in [4.69, 9.17) is 0 Å². The van der Waals surface area contributed by atoms with Crippen LogP contribution in [0.4, 0.5) is 0 Å². The van der Waals surface area contributed by atoms with Crippen LogP contribution < -0.4 is 0 Å². The zero-order valence-corrected chi connectivity index (χ0v) is 15.0. The Balaban J connectivity index is 3.10. The van der Waals surface area contributed by atoms with E-state index in [0.717, 1.165) is 0 Å². The lowest BCUT2D eigenvalue weighted by Gasteiger charge is -2.57. The van der Waals surface area contributed by atoms with Crippen LogP contribution >= 0.6 is 0 Å². The van der Waals surface area contributed by atoms with Gasteiger partial charge >= 0.3 is 0 Å². The topological polar surface area (TPSA) is 3.24 Å². The van der Waals surface area contributed by atoms with Gasteiger partial charge in [-0.25, -0.2) is 0 Å². The van der Waals surface area contributed by atoms with Gasteiger partial charge in [0.15, 0.2) is 0 Å². The molecule has 0 aromatic rings. The lowest BCUT2D eigenvalue weighted by Crippen LogP contribution is -2.62. The van der Waals surface area contributed by atoms with Crippen molar-refractivity contribution in [3.05, 3.63) is 0 Å². The van der Waals surface area contributed by atoms with Gasteiger partial charge in [-0.2, -0.15) is 0 Å². The van der Waals surface area contributed by atoms with Crippen molar-refractivity contribution >= 4 is 0 Å². The summed E-state index contributed by atoms with van der Waals surface area (Å²) in [5, 5.41) is 0. The van der Waals surface area contributed by atoms with Crippen LogP contribution in [0, 0.1) is 10.8 Å². The lowest BCUT2D eigenvalue weighted by molar-refractivity contribution is -0.0710. The second-order valence-electron chi connectivity index (χ2n) is 9.57. The number of nitrogens with zero attached hydrogens (tertiary/aromatic N) is 1. The molecular weight excluding hydrogens is 230 g/mol. The molecule has 1 saturated heterocycles. The molecule has 1 aliphatic heterocycles. The molecule has 0 saturated carbocycles. The third kappa shape index (κ3) is 3.74. The molecule has 0 aromatic heterocycles. The van der Waals surface area contributed by atoms with Gasteiger partial charge in [0, 0.05) is 11.1 Å². The van der Waals surface area contributed by atoms with Crippen LogP contribution in [-0.4, -0.2) is 22.5 Å². The molecule has 1 rings (SSSR count). The largest absolute Gasteiger partial charge is 0.293 e. The van der Waals surface area contributed by atoms with E-state index in [1.807, 2.05) is 0 Å². The number of likely N-dealkylation sites (tertiary alicyclic amines) is 1. The Morgan fingerprint density at radius 3 is 1.84 bits per heavy atom. The van der Waals surface area contributed by atoms with Crippen LogP contribution in [0.5, 0.6) is 0 Å². The van der Waals surface area contributed by atoms with Crippen LogP contribution in [0.25, 0.3) is 0 Å². The lowest BCUT2D eigenvalue weighted by atomic mass is 9.69. The summed E-state index contributed by atoms with van der Waals surface area (Å²) in [6.45, 7) is 23.1. The summed E-state index contributed by atoms with van der Waals surface area (Å²) >= 11 is 0. The van der Waals surface area contributed by atoms with Gasteiger partial charge in [-0.3, -0.25) is 4.90 Å². The predicted octanol–water partition coefficient (Wildman–Crippen LogP) is 5.49. The Morgan fingerprint density at radius 1 is 0.842 bits per heavy atom. The summed E-state index contributed by atoms with van der Waals surface area (Å²) in [5.74, 6) is 0. The van der Waals surface area contributed by atoms with E-state index in [2.05, 4.69) is 67.2 Å². The van der Waals surface area contributed by atoms with Crippen molar-refractivity contribution in [1.82, 2.24) is 4.90 Å². The van der Waals surface area contributed by atoms with Gasteiger partial charge in [0.05, 0.1) is 0 Å². The fraction of sp³-hybridized carbons (Fsp3) is 1.00. The molecule has 0 atom stereocenters. The molecule has 1 heterocycles. The van der Waals surface area contributed by atoms with Crippen molar-refractivity contribution < 1.29 is 0 Å². The minimum absolute atomic E-state index is 0.226. The van der Waals surface area contributed by atoms with Crippen LogP contribution in [0.3, 0.4) is 0 Å². The molecular formula is C18H37N. The smallest absolute Gasteiger partial charge is 0.0206 e. The molecule has 19 heavy (non-hydrogen) atoms. The van der Waals surface area contributed by atoms with Crippen LogP contribution in [0.1, 0.15) is 88.0 Å². The quantitative estimate of drug-likeness (QED) is 0.607. The molecule has 0 bridgehead atoms. The Hall–Kier alpha value is -0.0400. The summed E-state index contributed by atoms with van der Waals surface area (Å²) in [6.07, 6.45) is 5.38. The van der Waals surface area contributed by atoms with Crippen molar-refractivity contribution in [2.45, 2.75) is 99.1 Å². The van der Waals surface area contributed by atoms with Gasteiger partial charge in [-0.05, 0) is 64.3 Å². The molecule has 0 radical (unpaired) electrons. The zero-order chi connectivity index (χ0) is 15.1. The third-order valence-corrected chi connectivity index (χ3v) is 5.64. The molecule has 1 aliphatic rings. The minimum atomic E-state index is 0.226. The van der Waals surface area contributed by atoms with Crippen molar-refractivity contribution in [3.8, 4) is 0 Å². The van der Waals surface area contributed by atoms with Gasteiger partial charge in [-0.15, -0.1) is 0 Å². The highest BCUT2D eigenvalue weighted by Gasteiger charge is 2.46. The fourth-order valence-corrected chi connectivity index (χ4v) is 3.97. The molecule has 0 N–H and O–H groups in total. The maximum absolute atomic E-state index is 2.79. The third-order valence-electron chi connectivity index (χ3n) is 5.64. The second-order valence-corrected chi connectivity index (χ2v) is 9.57. The van der Waals surface area contributed by atoms with Gasteiger partial charge in [0.2, 0.25) is 0 Å². The van der Waals surface area contributed by atoms with Gasteiger partial charge in [0.25, 0.3) is 0 Å². The first-order valence-corrected chi connectivity index (χ1v) is 8.07. The SMILES string of the molecule is CC1(C)CCCCN(C(C)(C)C(C)(C)C)C(C)(C)C1. The van der Waals surface area contributed by atoms with E-state index in [1.54, 1.807) is 0 Å². The van der Waals surface area contributed by atoms with E-state index < -0.39 is 0 Å². The summed E-state index contributed by atoms with van der Waals surface area (Å²) in [6, 6.07) is 0. The second kappa shape index (κ2) is 5.06.